The van der Waals surface area contributed by atoms with Crippen molar-refractivity contribution in [2.75, 3.05) is 0 Å². The highest BCUT2D eigenvalue weighted by Crippen LogP contribution is 2.34. The minimum Gasteiger partial charge on any atom is -0.385 e. The Kier molecular flexibility index (Phi) is 3.94. The monoisotopic (exact) mass is 225 g/mol. The van der Waals surface area contributed by atoms with Gasteiger partial charge >= 0.3 is 6.03 Å². The third-order valence-electron chi connectivity index (χ3n) is 3.20. The molecule has 1 aliphatic heterocycles. The Morgan fingerprint density at radius 1 is 1.31 bits per heavy atom. The predicted molar refractivity (Wildman–Crippen MR) is 66.5 cm³/mol. The van der Waals surface area contributed by atoms with E-state index >= 15 is 0 Å². The highest BCUT2D eigenvalue weighted by atomic mass is 16.2. The number of nitrogens with two attached hydrogens (primary N) is 1. The Morgan fingerprint density at radius 3 is 2.19 bits per heavy atom. The van der Waals surface area contributed by atoms with Crippen LogP contribution in [0.15, 0.2) is 4.99 Å². The summed E-state index contributed by atoms with van der Waals surface area (Å²) in [5.74, 6) is 0.509. The van der Waals surface area contributed by atoms with Gasteiger partial charge in [0.25, 0.3) is 0 Å². The molecular weight excluding hydrogens is 202 g/mol. The lowest BCUT2D eigenvalue weighted by Gasteiger charge is -2.40. The van der Waals surface area contributed by atoms with Crippen molar-refractivity contribution in [3.8, 4) is 0 Å². The molecule has 0 aromatic rings. The van der Waals surface area contributed by atoms with Crippen LogP contribution in [0.5, 0.6) is 0 Å². The van der Waals surface area contributed by atoms with E-state index in [9.17, 15) is 4.79 Å². The fraction of sp³-hybridized carbons (Fsp3) is 0.833. The highest BCUT2D eigenvalue weighted by molar-refractivity contribution is 6.05. The van der Waals surface area contributed by atoms with Crippen molar-refractivity contribution in [3.05, 3.63) is 0 Å². The van der Waals surface area contributed by atoms with Crippen LogP contribution >= 0.6 is 0 Å². The zero-order chi connectivity index (χ0) is 12.3. The summed E-state index contributed by atoms with van der Waals surface area (Å²) in [5, 5.41) is 0. The normalized spacial score (nSPS) is 19.4. The molecule has 0 unspecified atom stereocenters. The first-order valence-electron chi connectivity index (χ1n) is 6.17. The van der Waals surface area contributed by atoms with Gasteiger partial charge in [-0.2, -0.15) is 4.99 Å². The standard InChI is InChI=1S/C12H23N3O/c1-5-7-12(8-6-2)10(13)14-11(16)15(12)9(3)4/h9H,5-8H2,1-4H3,(H2,13,14,16). The van der Waals surface area contributed by atoms with Gasteiger partial charge in [0, 0.05) is 6.04 Å². The van der Waals surface area contributed by atoms with Gasteiger partial charge in [-0.05, 0) is 26.7 Å². The smallest absolute Gasteiger partial charge is 0.346 e. The van der Waals surface area contributed by atoms with E-state index in [1.165, 1.54) is 0 Å². The molecule has 4 nitrogen and oxygen atoms in total. The third kappa shape index (κ3) is 1.93. The fourth-order valence-electron chi connectivity index (χ4n) is 2.73. The van der Waals surface area contributed by atoms with E-state index in [0.29, 0.717) is 5.84 Å². The zero-order valence-corrected chi connectivity index (χ0v) is 10.8. The van der Waals surface area contributed by atoms with Gasteiger partial charge in [-0.3, -0.25) is 0 Å². The Bertz CT molecular complexity index is 291. The second-order valence-electron chi connectivity index (χ2n) is 4.77. The molecule has 2 amide bonds. The predicted octanol–water partition coefficient (Wildman–Crippen LogP) is 2.53. The molecule has 2 N–H and O–H groups in total. The first-order chi connectivity index (χ1) is 7.49. The van der Waals surface area contributed by atoms with Crippen LogP contribution < -0.4 is 5.73 Å². The van der Waals surface area contributed by atoms with Gasteiger partial charge in [-0.15, -0.1) is 0 Å². The van der Waals surface area contributed by atoms with Crippen molar-refractivity contribution < 1.29 is 4.79 Å². The molecule has 1 heterocycles. The number of carbonyl (C=O) groups excluding carboxylic acids is 1. The molecule has 16 heavy (non-hydrogen) atoms. The Hall–Kier alpha value is -1.06. The minimum absolute atomic E-state index is 0.149. The number of carbonyl (C=O) groups is 1. The lowest BCUT2D eigenvalue weighted by atomic mass is 9.85. The first-order valence-corrected chi connectivity index (χ1v) is 6.17. The SMILES string of the molecule is CCCC1(CCC)C(N)=NC(=O)N1C(C)C. The molecule has 0 aliphatic carbocycles. The quantitative estimate of drug-likeness (QED) is 0.781. The lowest BCUT2D eigenvalue weighted by Crippen LogP contribution is -2.56. The topological polar surface area (TPSA) is 58.7 Å². The highest BCUT2D eigenvalue weighted by Gasteiger charge is 2.47. The number of urea groups is 1. The fourth-order valence-corrected chi connectivity index (χ4v) is 2.73. The molecule has 0 saturated heterocycles. The lowest BCUT2D eigenvalue weighted by molar-refractivity contribution is 0.133. The number of nitrogens with zero attached hydrogens (tertiary/aromatic N) is 2. The van der Waals surface area contributed by atoms with Gasteiger partial charge in [0.2, 0.25) is 0 Å². The average Bonchev–Trinajstić information content (AvgIpc) is 2.39. The van der Waals surface area contributed by atoms with Crippen molar-refractivity contribution in [1.82, 2.24) is 4.90 Å². The van der Waals surface area contributed by atoms with Crippen LogP contribution in [0.3, 0.4) is 0 Å². The Labute approximate surface area is 97.9 Å². The van der Waals surface area contributed by atoms with Crippen LogP contribution in [-0.2, 0) is 0 Å². The molecule has 0 aromatic heterocycles. The van der Waals surface area contributed by atoms with Gasteiger partial charge in [0.15, 0.2) is 0 Å². The number of rotatable bonds is 5. The van der Waals surface area contributed by atoms with Crippen LogP contribution in [0.1, 0.15) is 53.4 Å². The summed E-state index contributed by atoms with van der Waals surface area (Å²) in [4.78, 5) is 17.7. The van der Waals surface area contributed by atoms with Crippen molar-refractivity contribution >= 4 is 11.9 Å². The van der Waals surface area contributed by atoms with Crippen molar-refractivity contribution in [1.29, 1.82) is 0 Å². The van der Waals surface area contributed by atoms with Crippen LogP contribution in [-0.4, -0.2) is 28.3 Å². The second-order valence-corrected chi connectivity index (χ2v) is 4.77. The molecule has 0 fully saturated rings. The van der Waals surface area contributed by atoms with Crippen molar-refractivity contribution in [2.45, 2.75) is 65.0 Å². The minimum atomic E-state index is -0.325. The number of hydrogen-bond acceptors (Lipinski definition) is 2. The van der Waals surface area contributed by atoms with E-state index in [4.69, 9.17) is 5.73 Å². The van der Waals surface area contributed by atoms with Crippen LogP contribution in [0, 0.1) is 0 Å². The number of aliphatic imine (C=N–C) groups is 1. The summed E-state index contributed by atoms with van der Waals surface area (Å²) in [5.41, 5.74) is 5.67. The van der Waals surface area contributed by atoms with Gasteiger partial charge < -0.3 is 10.6 Å². The zero-order valence-electron chi connectivity index (χ0n) is 10.8. The van der Waals surface area contributed by atoms with E-state index in [0.717, 1.165) is 25.7 Å². The van der Waals surface area contributed by atoms with Gasteiger partial charge in [0.1, 0.15) is 11.4 Å². The molecule has 1 rings (SSSR count). The summed E-state index contributed by atoms with van der Waals surface area (Å²) in [6, 6.07) is -0.0233. The maximum absolute atomic E-state index is 11.8. The van der Waals surface area contributed by atoms with Gasteiger partial charge in [-0.1, -0.05) is 26.7 Å². The Balaban J connectivity index is 3.10. The third-order valence-corrected chi connectivity index (χ3v) is 3.20. The molecular formula is C12H23N3O. The molecule has 4 heteroatoms. The van der Waals surface area contributed by atoms with Crippen LogP contribution in [0.4, 0.5) is 4.79 Å². The molecule has 0 bridgehead atoms. The number of amidine groups is 1. The number of hydrogen-bond donors (Lipinski definition) is 1. The van der Waals surface area contributed by atoms with E-state index in [2.05, 4.69) is 18.8 Å². The Morgan fingerprint density at radius 2 is 1.81 bits per heavy atom. The molecule has 0 aromatic carbocycles. The summed E-state index contributed by atoms with van der Waals surface area (Å²) >= 11 is 0. The number of amides is 2. The molecule has 1 aliphatic rings. The maximum atomic E-state index is 11.8. The van der Waals surface area contributed by atoms with Gasteiger partial charge in [0.05, 0.1) is 0 Å². The molecule has 0 saturated carbocycles. The van der Waals surface area contributed by atoms with E-state index in [1.807, 2.05) is 18.7 Å². The molecule has 0 spiro atoms. The second kappa shape index (κ2) is 4.85. The van der Waals surface area contributed by atoms with E-state index in [1.54, 1.807) is 0 Å². The van der Waals surface area contributed by atoms with Gasteiger partial charge in [-0.25, -0.2) is 4.79 Å². The van der Waals surface area contributed by atoms with Crippen molar-refractivity contribution in [2.24, 2.45) is 10.7 Å². The molecule has 92 valence electrons. The molecule has 0 radical (unpaired) electrons. The van der Waals surface area contributed by atoms with E-state index in [-0.39, 0.29) is 17.6 Å². The van der Waals surface area contributed by atoms with Crippen LogP contribution in [0.25, 0.3) is 0 Å². The summed E-state index contributed by atoms with van der Waals surface area (Å²) in [6.45, 7) is 8.27. The first kappa shape index (κ1) is 13.0. The average molecular weight is 225 g/mol. The van der Waals surface area contributed by atoms with E-state index < -0.39 is 0 Å². The van der Waals surface area contributed by atoms with Crippen LogP contribution in [0.2, 0.25) is 0 Å². The largest absolute Gasteiger partial charge is 0.385 e. The van der Waals surface area contributed by atoms with Crippen molar-refractivity contribution in [3.63, 3.8) is 0 Å². The summed E-state index contributed by atoms with van der Waals surface area (Å²) in [7, 11) is 0. The molecule has 0 atom stereocenters. The summed E-state index contributed by atoms with van der Waals surface area (Å²) in [6.07, 6.45) is 3.82. The summed E-state index contributed by atoms with van der Waals surface area (Å²) < 4.78 is 0. The maximum Gasteiger partial charge on any atom is 0.346 e.